The minimum atomic E-state index is -0.927. The lowest BCUT2D eigenvalue weighted by Crippen LogP contribution is -2.22. The third-order valence-electron chi connectivity index (χ3n) is 2.40. The molecule has 4 heteroatoms. The van der Waals surface area contributed by atoms with E-state index in [0.717, 1.165) is 31.4 Å². The summed E-state index contributed by atoms with van der Waals surface area (Å²) in [6.07, 6.45) is 3.87. The highest BCUT2D eigenvalue weighted by Gasteiger charge is 2.18. The monoisotopic (exact) mass is 187 g/mol. The second kappa shape index (κ2) is 5.34. The van der Waals surface area contributed by atoms with E-state index in [4.69, 9.17) is 10.6 Å². The number of aliphatic hydroxyl groups excluding tert-OH is 1. The fourth-order valence-corrected chi connectivity index (χ4v) is 1.61. The average molecular weight is 187 g/mol. The molecule has 1 unspecified atom stereocenters. The van der Waals surface area contributed by atoms with E-state index in [1.807, 2.05) is 6.08 Å². The van der Waals surface area contributed by atoms with Gasteiger partial charge in [0.05, 0.1) is 0 Å². The molecule has 1 aliphatic carbocycles. The fourth-order valence-electron chi connectivity index (χ4n) is 1.61. The SMILES string of the molecule is COCC1CC=C([C@@H](O)ON)CC1. The largest absolute Gasteiger partial charge is 0.384 e. The molecule has 0 spiro atoms. The summed E-state index contributed by atoms with van der Waals surface area (Å²) in [5.41, 5.74) is 0.884. The zero-order chi connectivity index (χ0) is 9.68. The summed E-state index contributed by atoms with van der Waals surface area (Å²) >= 11 is 0. The molecule has 1 aliphatic rings. The number of nitrogens with two attached hydrogens (primary N) is 1. The normalized spacial score (nSPS) is 25.5. The Balaban J connectivity index is 2.38. The lowest BCUT2D eigenvalue weighted by Gasteiger charge is -2.22. The second-order valence-electron chi connectivity index (χ2n) is 3.36. The van der Waals surface area contributed by atoms with Crippen molar-refractivity contribution in [1.29, 1.82) is 0 Å². The number of ether oxygens (including phenoxy) is 1. The standard InChI is InChI=1S/C9H17NO3/c1-12-6-7-2-4-8(5-3-7)9(11)13-10/h4,7,9,11H,2-3,5-6,10H2,1H3/t7?,9-/m0/s1. The molecule has 0 aromatic heterocycles. The van der Waals surface area contributed by atoms with Gasteiger partial charge >= 0.3 is 0 Å². The van der Waals surface area contributed by atoms with Crippen molar-refractivity contribution in [3.63, 3.8) is 0 Å². The van der Waals surface area contributed by atoms with Crippen molar-refractivity contribution in [2.75, 3.05) is 13.7 Å². The Morgan fingerprint density at radius 3 is 3.00 bits per heavy atom. The zero-order valence-corrected chi connectivity index (χ0v) is 7.90. The highest BCUT2D eigenvalue weighted by Crippen LogP contribution is 2.25. The Morgan fingerprint density at radius 2 is 2.54 bits per heavy atom. The summed E-state index contributed by atoms with van der Waals surface area (Å²) in [7, 11) is 1.71. The lowest BCUT2D eigenvalue weighted by atomic mass is 9.90. The predicted molar refractivity (Wildman–Crippen MR) is 48.6 cm³/mol. The number of allylic oxidation sites excluding steroid dienone is 1. The van der Waals surface area contributed by atoms with Crippen LogP contribution < -0.4 is 5.90 Å². The van der Waals surface area contributed by atoms with Crippen molar-refractivity contribution < 1.29 is 14.7 Å². The molecule has 3 N–H and O–H groups in total. The molecule has 0 bridgehead atoms. The van der Waals surface area contributed by atoms with Gasteiger partial charge in [-0.2, -0.15) is 0 Å². The third kappa shape index (κ3) is 3.08. The summed E-state index contributed by atoms with van der Waals surface area (Å²) in [5, 5.41) is 9.25. The van der Waals surface area contributed by atoms with Gasteiger partial charge in [-0.15, -0.1) is 0 Å². The molecule has 4 nitrogen and oxygen atoms in total. The van der Waals surface area contributed by atoms with Gasteiger partial charge in [0.25, 0.3) is 0 Å². The smallest absolute Gasteiger partial charge is 0.196 e. The van der Waals surface area contributed by atoms with Gasteiger partial charge in [0.1, 0.15) is 0 Å². The van der Waals surface area contributed by atoms with E-state index >= 15 is 0 Å². The highest BCUT2D eigenvalue weighted by atomic mass is 16.7. The number of hydrogen-bond donors (Lipinski definition) is 2. The van der Waals surface area contributed by atoms with Crippen LogP contribution in [0.5, 0.6) is 0 Å². The van der Waals surface area contributed by atoms with Gasteiger partial charge in [0, 0.05) is 13.7 Å². The van der Waals surface area contributed by atoms with Gasteiger partial charge in [-0.3, -0.25) is 4.84 Å². The van der Waals surface area contributed by atoms with Crippen LogP contribution in [0.25, 0.3) is 0 Å². The summed E-state index contributed by atoms with van der Waals surface area (Å²) in [6, 6.07) is 0. The first-order valence-corrected chi connectivity index (χ1v) is 4.49. The van der Waals surface area contributed by atoms with Crippen LogP contribution in [-0.2, 0) is 9.57 Å². The highest BCUT2D eigenvalue weighted by molar-refractivity contribution is 5.08. The van der Waals surface area contributed by atoms with E-state index in [-0.39, 0.29) is 0 Å². The van der Waals surface area contributed by atoms with E-state index in [2.05, 4.69) is 4.84 Å². The summed E-state index contributed by atoms with van der Waals surface area (Å²) in [4.78, 5) is 4.34. The Morgan fingerprint density at radius 1 is 1.77 bits per heavy atom. The van der Waals surface area contributed by atoms with E-state index in [1.54, 1.807) is 7.11 Å². The van der Waals surface area contributed by atoms with E-state index in [0.29, 0.717) is 5.92 Å². The third-order valence-corrected chi connectivity index (χ3v) is 2.40. The summed E-state index contributed by atoms with van der Waals surface area (Å²) in [5.74, 6) is 5.45. The predicted octanol–water partition coefficient (Wildman–Crippen LogP) is 0.568. The molecule has 0 heterocycles. The Bertz CT molecular complexity index is 182. The molecular formula is C9H17NO3. The van der Waals surface area contributed by atoms with Gasteiger partial charge < -0.3 is 9.84 Å². The van der Waals surface area contributed by atoms with Crippen LogP contribution in [0.2, 0.25) is 0 Å². The number of aliphatic hydroxyl groups is 1. The van der Waals surface area contributed by atoms with Crippen molar-refractivity contribution >= 4 is 0 Å². The van der Waals surface area contributed by atoms with Crippen LogP contribution in [0.1, 0.15) is 19.3 Å². The Kier molecular flexibility index (Phi) is 4.38. The molecule has 0 amide bonds. The number of hydrogen-bond acceptors (Lipinski definition) is 4. The molecule has 2 atom stereocenters. The van der Waals surface area contributed by atoms with Gasteiger partial charge in [-0.1, -0.05) is 6.08 Å². The molecule has 13 heavy (non-hydrogen) atoms. The van der Waals surface area contributed by atoms with Crippen molar-refractivity contribution in [3.05, 3.63) is 11.6 Å². The maximum atomic E-state index is 9.25. The number of methoxy groups -OCH3 is 1. The Hall–Kier alpha value is -0.420. The first-order chi connectivity index (χ1) is 6.27. The second-order valence-corrected chi connectivity index (χ2v) is 3.36. The minimum Gasteiger partial charge on any atom is -0.384 e. The molecule has 0 saturated heterocycles. The Labute approximate surface area is 78.3 Å². The van der Waals surface area contributed by atoms with E-state index in [1.165, 1.54) is 0 Å². The first kappa shape index (κ1) is 10.7. The molecule has 0 fully saturated rings. The van der Waals surface area contributed by atoms with E-state index < -0.39 is 6.29 Å². The van der Waals surface area contributed by atoms with Crippen LogP contribution in [0.15, 0.2) is 11.6 Å². The first-order valence-electron chi connectivity index (χ1n) is 4.49. The molecule has 0 aromatic rings. The molecule has 0 aromatic carbocycles. The van der Waals surface area contributed by atoms with Crippen LogP contribution in [0.3, 0.4) is 0 Å². The molecule has 0 radical (unpaired) electrons. The van der Waals surface area contributed by atoms with Gasteiger partial charge in [0.15, 0.2) is 6.29 Å². The maximum absolute atomic E-state index is 9.25. The number of rotatable bonds is 4. The topological polar surface area (TPSA) is 64.7 Å². The minimum absolute atomic E-state index is 0.568. The molecular weight excluding hydrogens is 170 g/mol. The van der Waals surface area contributed by atoms with Gasteiger partial charge in [-0.05, 0) is 30.8 Å². The quantitative estimate of drug-likeness (QED) is 0.383. The molecule has 1 rings (SSSR count). The molecule has 0 aliphatic heterocycles. The van der Waals surface area contributed by atoms with Crippen LogP contribution in [0.4, 0.5) is 0 Å². The van der Waals surface area contributed by atoms with E-state index in [9.17, 15) is 5.11 Å². The zero-order valence-electron chi connectivity index (χ0n) is 7.90. The van der Waals surface area contributed by atoms with Crippen molar-refractivity contribution in [2.45, 2.75) is 25.6 Å². The maximum Gasteiger partial charge on any atom is 0.196 e. The van der Waals surface area contributed by atoms with Crippen molar-refractivity contribution in [3.8, 4) is 0 Å². The van der Waals surface area contributed by atoms with Crippen molar-refractivity contribution in [1.82, 2.24) is 0 Å². The fraction of sp³-hybridized carbons (Fsp3) is 0.778. The average Bonchev–Trinajstić information content (AvgIpc) is 2.18. The van der Waals surface area contributed by atoms with Gasteiger partial charge in [0.2, 0.25) is 0 Å². The summed E-state index contributed by atoms with van der Waals surface area (Å²) in [6.45, 7) is 0.781. The van der Waals surface area contributed by atoms with Crippen LogP contribution in [0, 0.1) is 5.92 Å². The van der Waals surface area contributed by atoms with Crippen LogP contribution in [-0.4, -0.2) is 25.1 Å². The van der Waals surface area contributed by atoms with Gasteiger partial charge in [-0.25, -0.2) is 5.90 Å². The van der Waals surface area contributed by atoms with Crippen molar-refractivity contribution in [2.24, 2.45) is 11.8 Å². The molecule has 0 saturated carbocycles. The lowest BCUT2D eigenvalue weighted by molar-refractivity contribution is -0.0778. The summed E-state index contributed by atoms with van der Waals surface area (Å²) < 4.78 is 5.06. The molecule has 76 valence electrons. The van der Waals surface area contributed by atoms with Crippen LogP contribution >= 0.6 is 0 Å².